The average Bonchev–Trinajstić information content (AvgIpc) is 2.96. The Morgan fingerprint density at radius 2 is 2.05 bits per heavy atom. The lowest BCUT2D eigenvalue weighted by molar-refractivity contribution is 0.300. The summed E-state index contributed by atoms with van der Waals surface area (Å²) in [6, 6.07) is 0. The Labute approximate surface area is 115 Å². The number of aryl methyl sites for hydroxylation is 1. The molecule has 3 heterocycles. The van der Waals surface area contributed by atoms with Crippen molar-refractivity contribution in [1.29, 1.82) is 0 Å². The van der Waals surface area contributed by atoms with Crippen LogP contribution in [0, 0.1) is 6.92 Å². The van der Waals surface area contributed by atoms with Gasteiger partial charge >= 0.3 is 0 Å². The molecule has 0 saturated carbocycles. The quantitative estimate of drug-likeness (QED) is 0.693. The highest BCUT2D eigenvalue weighted by molar-refractivity contribution is 5.68. The highest BCUT2D eigenvalue weighted by atomic mass is 16.6. The van der Waals surface area contributed by atoms with E-state index in [0.717, 1.165) is 11.5 Å². The van der Waals surface area contributed by atoms with Crippen LogP contribution in [0.4, 0.5) is 0 Å². The van der Waals surface area contributed by atoms with Crippen molar-refractivity contribution in [1.82, 2.24) is 35.3 Å². The zero-order valence-corrected chi connectivity index (χ0v) is 11.8. The summed E-state index contributed by atoms with van der Waals surface area (Å²) in [5.41, 5.74) is 2.67. The molecule has 0 aromatic carbocycles. The van der Waals surface area contributed by atoms with Crippen molar-refractivity contribution in [2.75, 3.05) is 0 Å². The van der Waals surface area contributed by atoms with Crippen LogP contribution in [0.3, 0.4) is 0 Å². The van der Waals surface area contributed by atoms with E-state index in [1.807, 2.05) is 6.92 Å². The second-order valence-corrected chi connectivity index (χ2v) is 5.70. The molecule has 0 radical (unpaired) electrons. The molecule has 8 nitrogen and oxygen atoms in total. The minimum absolute atomic E-state index is 0.130. The first kappa shape index (κ1) is 12.6. The van der Waals surface area contributed by atoms with E-state index in [-0.39, 0.29) is 5.41 Å². The molecule has 3 rings (SSSR count). The molecule has 20 heavy (non-hydrogen) atoms. The molecule has 0 fully saturated rings. The normalized spacial score (nSPS) is 12.2. The molecule has 0 aliphatic carbocycles. The van der Waals surface area contributed by atoms with Crippen LogP contribution < -0.4 is 0 Å². The number of hydrogen-bond donors (Lipinski definition) is 0. The van der Waals surface area contributed by atoms with Crippen LogP contribution in [0.15, 0.2) is 10.8 Å². The zero-order valence-electron chi connectivity index (χ0n) is 11.8. The van der Waals surface area contributed by atoms with Crippen LogP contribution >= 0.6 is 0 Å². The Hall–Kier alpha value is -2.38. The molecule has 0 bridgehead atoms. The van der Waals surface area contributed by atoms with Crippen LogP contribution in [0.25, 0.3) is 11.2 Å². The maximum atomic E-state index is 4.69. The van der Waals surface area contributed by atoms with Gasteiger partial charge in [-0.25, -0.2) is 19.3 Å². The van der Waals surface area contributed by atoms with E-state index >= 15 is 0 Å². The van der Waals surface area contributed by atoms with Gasteiger partial charge in [-0.15, -0.1) is 5.10 Å². The number of fused-ring (bicyclic) bond motifs is 1. The summed E-state index contributed by atoms with van der Waals surface area (Å²) in [5, 5.41) is 15.8. The van der Waals surface area contributed by atoms with Gasteiger partial charge in [0.15, 0.2) is 11.2 Å². The highest BCUT2D eigenvalue weighted by Crippen LogP contribution is 2.19. The van der Waals surface area contributed by atoms with Crippen molar-refractivity contribution >= 4 is 11.2 Å². The average molecular weight is 273 g/mol. The van der Waals surface area contributed by atoms with E-state index in [4.69, 9.17) is 0 Å². The van der Waals surface area contributed by atoms with Crippen molar-refractivity contribution in [3.63, 3.8) is 0 Å². The molecule has 0 unspecified atom stereocenters. The first-order valence-corrected chi connectivity index (χ1v) is 6.30. The Morgan fingerprint density at radius 3 is 2.70 bits per heavy atom. The van der Waals surface area contributed by atoms with Crippen LogP contribution in [-0.2, 0) is 12.0 Å². The molecule has 0 aliphatic rings. The summed E-state index contributed by atoms with van der Waals surface area (Å²) in [5.74, 6) is 0.753. The van der Waals surface area contributed by atoms with Crippen molar-refractivity contribution in [2.24, 2.45) is 0 Å². The molecule has 8 heteroatoms. The molecule has 104 valence electrons. The van der Waals surface area contributed by atoms with Crippen molar-refractivity contribution in [3.05, 3.63) is 23.4 Å². The fraction of sp³-hybridized carbons (Fsp3) is 0.500. The van der Waals surface area contributed by atoms with Gasteiger partial charge in [0.25, 0.3) is 0 Å². The first-order chi connectivity index (χ1) is 9.45. The van der Waals surface area contributed by atoms with E-state index in [2.05, 4.69) is 56.0 Å². The molecule has 0 amide bonds. The molecule has 3 aromatic rings. The predicted molar refractivity (Wildman–Crippen MR) is 70.0 cm³/mol. The Bertz CT molecular complexity index is 753. The molecule has 0 atom stereocenters. The smallest absolute Gasteiger partial charge is 0.182 e. The van der Waals surface area contributed by atoms with Crippen LogP contribution in [0.2, 0.25) is 0 Å². The number of aromatic nitrogens is 7. The van der Waals surface area contributed by atoms with Crippen LogP contribution in [0.5, 0.6) is 0 Å². The van der Waals surface area contributed by atoms with E-state index in [9.17, 15) is 0 Å². The van der Waals surface area contributed by atoms with E-state index in [0.29, 0.717) is 23.4 Å². The van der Waals surface area contributed by atoms with Crippen molar-refractivity contribution < 1.29 is 4.63 Å². The standard InChI is InChI=1S/C12H15N7O/c1-7-9(17-20-16-7)6-19-10-8(15-18-19)5-13-11(14-10)12(2,3)4/h5H,6H2,1-4H3. The molecular weight excluding hydrogens is 258 g/mol. The van der Waals surface area contributed by atoms with Gasteiger partial charge < -0.3 is 0 Å². The molecule has 0 N–H and O–H groups in total. The molecular formula is C12H15N7O. The van der Waals surface area contributed by atoms with E-state index in [1.165, 1.54) is 0 Å². The van der Waals surface area contributed by atoms with Gasteiger partial charge in [0.1, 0.15) is 17.2 Å². The molecule has 0 spiro atoms. The maximum absolute atomic E-state index is 4.69. The predicted octanol–water partition coefficient (Wildman–Crippen LogP) is 1.26. The topological polar surface area (TPSA) is 95.4 Å². The maximum Gasteiger partial charge on any atom is 0.182 e. The summed E-state index contributed by atoms with van der Waals surface area (Å²) in [4.78, 5) is 8.90. The summed E-state index contributed by atoms with van der Waals surface area (Å²) >= 11 is 0. The number of rotatable bonds is 2. The lowest BCUT2D eigenvalue weighted by Crippen LogP contribution is -2.16. The minimum Gasteiger partial charge on any atom is -0.244 e. The third-order valence-electron chi connectivity index (χ3n) is 2.97. The zero-order chi connectivity index (χ0) is 14.3. The lowest BCUT2D eigenvalue weighted by atomic mass is 9.96. The van der Waals surface area contributed by atoms with Gasteiger partial charge in [-0.3, -0.25) is 0 Å². The fourth-order valence-electron chi connectivity index (χ4n) is 1.77. The van der Waals surface area contributed by atoms with Crippen LogP contribution in [0.1, 0.15) is 38.0 Å². The highest BCUT2D eigenvalue weighted by Gasteiger charge is 2.20. The monoisotopic (exact) mass is 273 g/mol. The Kier molecular flexibility index (Phi) is 2.73. The Morgan fingerprint density at radius 1 is 1.25 bits per heavy atom. The van der Waals surface area contributed by atoms with Gasteiger partial charge in [-0.05, 0) is 6.92 Å². The van der Waals surface area contributed by atoms with Gasteiger partial charge in [-0.1, -0.05) is 36.3 Å². The SMILES string of the molecule is Cc1nonc1Cn1nnc2cnc(C(C)(C)C)nc21. The molecule has 3 aromatic heterocycles. The van der Waals surface area contributed by atoms with Gasteiger partial charge in [0.2, 0.25) is 0 Å². The van der Waals surface area contributed by atoms with E-state index in [1.54, 1.807) is 10.9 Å². The number of nitrogens with zero attached hydrogens (tertiary/aromatic N) is 7. The largest absolute Gasteiger partial charge is 0.244 e. The second kappa shape index (κ2) is 4.32. The first-order valence-electron chi connectivity index (χ1n) is 6.30. The van der Waals surface area contributed by atoms with Gasteiger partial charge in [-0.2, -0.15) is 0 Å². The second-order valence-electron chi connectivity index (χ2n) is 5.70. The fourth-order valence-corrected chi connectivity index (χ4v) is 1.77. The lowest BCUT2D eigenvalue weighted by Gasteiger charge is -2.15. The third-order valence-corrected chi connectivity index (χ3v) is 2.97. The van der Waals surface area contributed by atoms with Crippen molar-refractivity contribution in [3.8, 4) is 0 Å². The minimum atomic E-state index is -0.130. The number of hydrogen-bond acceptors (Lipinski definition) is 7. The summed E-state index contributed by atoms with van der Waals surface area (Å²) < 4.78 is 6.37. The summed E-state index contributed by atoms with van der Waals surface area (Å²) in [6.45, 7) is 8.45. The summed E-state index contributed by atoms with van der Waals surface area (Å²) in [6.07, 6.45) is 1.69. The van der Waals surface area contributed by atoms with Gasteiger partial charge in [0.05, 0.1) is 12.7 Å². The Balaban J connectivity index is 2.05. The molecule has 0 aliphatic heterocycles. The van der Waals surface area contributed by atoms with Crippen molar-refractivity contribution in [2.45, 2.75) is 39.7 Å². The van der Waals surface area contributed by atoms with Crippen LogP contribution in [-0.4, -0.2) is 35.3 Å². The summed E-state index contributed by atoms with van der Waals surface area (Å²) in [7, 11) is 0. The van der Waals surface area contributed by atoms with E-state index < -0.39 is 0 Å². The third kappa shape index (κ3) is 2.13. The van der Waals surface area contributed by atoms with Gasteiger partial charge in [0, 0.05) is 5.41 Å². The molecule has 0 saturated heterocycles.